The first kappa shape index (κ1) is 21.9. The van der Waals surface area contributed by atoms with Crippen molar-refractivity contribution in [1.29, 1.82) is 0 Å². The average Bonchev–Trinajstić information content (AvgIpc) is 2.75. The largest absolute Gasteiger partial charge is 0.453 e. The van der Waals surface area contributed by atoms with Crippen molar-refractivity contribution in [3.8, 4) is 0 Å². The summed E-state index contributed by atoms with van der Waals surface area (Å²) in [5.41, 5.74) is 1.29. The van der Waals surface area contributed by atoms with Crippen molar-refractivity contribution in [1.82, 2.24) is 9.55 Å². The number of anilines is 1. The lowest BCUT2D eigenvalue weighted by molar-refractivity contribution is -0.153. The second-order valence-electron chi connectivity index (χ2n) is 7.17. The van der Waals surface area contributed by atoms with Crippen LogP contribution in [0.3, 0.4) is 0 Å². The second-order valence-corrected chi connectivity index (χ2v) is 7.17. The Kier molecular flexibility index (Phi) is 6.59. The van der Waals surface area contributed by atoms with Gasteiger partial charge in [0.15, 0.2) is 11.9 Å². The zero-order valence-electron chi connectivity index (χ0n) is 17.5. The van der Waals surface area contributed by atoms with Crippen LogP contribution >= 0.6 is 0 Å². The van der Waals surface area contributed by atoms with E-state index in [4.69, 9.17) is 4.74 Å². The Morgan fingerprint density at radius 1 is 1.13 bits per heavy atom. The molecule has 0 saturated heterocycles. The number of rotatable bonds is 7. The van der Waals surface area contributed by atoms with Gasteiger partial charge in [0.05, 0.1) is 17.3 Å². The van der Waals surface area contributed by atoms with E-state index in [9.17, 15) is 19.2 Å². The topological polar surface area (TPSA) is 107 Å². The Morgan fingerprint density at radius 2 is 1.87 bits per heavy atom. The maximum absolute atomic E-state index is 12.4. The molecule has 0 bridgehead atoms. The van der Waals surface area contributed by atoms with E-state index in [0.29, 0.717) is 28.0 Å². The first-order chi connectivity index (χ1) is 14.8. The third-order valence-electron chi connectivity index (χ3n) is 4.84. The minimum Gasteiger partial charge on any atom is -0.453 e. The molecule has 0 fully saturated rings. The summed E-state index contributed by atoms with van der Waals surface area (Å²) in [6.45, 7) is 2.90. The molecule has 1 atom stereocenters. The number of nitrogens with zero attached hydrogens (tertiary/aromatic N) is 2. The van der Waals surface area contributed by atoms with E-state index >= 15 is 0 Å². The fourth-order valence-electron chi connectivity index (χ4n) is 3.07. The number of para-hydroxylation sites is 1. The molecule has 8 nitrogen and oxygen atoms in total. The molecule has 0 aliphatic rings. The van der Waals surface area contributed by atoms with E-state index in [1.807, 2.05) is 0 Å². The van der Waals surface area contributed by atoms with Gasteiger partial charge in [0.1, 0.15) is 5.82 Å². The number of ketones is 1. The number of benzene rings is 2. The molecule has 0 radical (unpaired) electrons. The normalized spacial score (nSPS) is 11.7. The van der Waals surface area contributed by atoms with Crippen LogP contribution in [0.25, 0.3) is 10.9 Å². The van der Waals surface area contributed by atoms with Crippen LogP contribution in [0.1, 0.15) is 36.5 Å². The van der Waals surface area contributed by atoms with Crippen molar-refractivity contribution in [2.75, 3.05) is 5.32 Å². The minimum atomic E-state index is -1.03. The third kappa shape index (κ3) is 5.22. The summed E-state index contributed by atoms with van der Waals surface area (Å²) in [5, 5.41) is 3.14. The quantitative estimate of drug-likeness (QED) is 0.464. The van der Waals surface area contributed by atoms with Gasteiger partial charge in [-0.2, -0.15) is 0 Å². The van der Waals surface area contributed by atoms with Crippen LogP contribution in [0, 0.1) is 0 Å². The van der Waals surface area contributed by atoms with Crippen molar-refractivity contribution >= 4 is 34.3 Å². The second kappa shape index (κ2) is 9.34. The Bertz CT molecular complexity index is 1220. The number of carbonyl (C=O) groups excluding carboxylic acids is 3. The van der Waals surface area contributed by atoms with E-state index in [2.05, 4.69) is 10.3 Å². The number of hydrogen-bond acceptors (Lipinski definition) is 6. The van der Waals surface area contributed by atoms with Crippen LogP contribution in [0.5, 0.6) is 0 Å². The number of nitrogens with one attached hydrogen (secondary N) is 1. The molecule has 3 rings (SSSR count). The van der Waals surface area contributed by atoms with E-state index in [1.54, 1.807) is 55.6 Å². The summed E-state index contributed by atoms with van der Waals surface area (Å²) in [5.74, 6) is -0.751. The molecule has 1 aromatic heterocycles. The van der Waals surface area contributed by atoms with Crippen LogP contribution in [-0.2, 0) is 27.8 Å². The standard InChI is InChI=1S/C23H23N3O5/c1-14(27)16-7-6-8-17(13-16)24-22(29)15(2)31-21(28)12-11-20-25-19-10-5-4-9-18(19)23(30)26(20)3/h4-10,13,15H,11-12H2,1-3H3,(H,24,29)/t15-/m0/s1. The Balaban J connectivity index is 1.59. The van der Waals surface area contributed by atoms with Gasteiger partial charge in [-0.1, -0.05) is 24.3 Å². The number of fused-ring (bicyclic) bond motifs is 1. The zero-order valence-corrected chi connectivity index (χ0v) is 17.5. The Morgan fingerprint density at radius 3 is 2.61 bits per heavy atom. The molecule has 0 aliphatic carbocycles. The predicted octanol–water partition coefficient (Wildman–Crippen LogP) is 2.64. The molecule has 1 N–H and O–H groups in total. The average molecular weight is 421 g/mol. The lowest BCUT2D eigenvalue weighted by Gasteiger charge is -2.14. The fourth-order valence-corrected chi connectivity index (χ4v) is 3.07. The molecule has 0 unspecified atom stereocenters. The van der Waals surface area contributed by atoms with Crippen LogP contribution in [-0.4, -0.2) is 33.3 Å². The Labute approximate surface area is 178 Å². The molecule has 31 heavy (non-hydrogen) atoms. The molecular formula is C23H23N3O5. The van der Waals surface area contributed by atoms with Gasteiger partial charge in [-0.05, 0) is 38.1 Å². The highest BCUT2D eigenvalue weighted by atomic mass is 16.5. The van der Waals surface area contributed by atoms with Crippen LogP contribution in [0.2, 0.25) is 0 Å². The van der Waals surface area contributed by atoms with Gasteiger partial charge >= 0.3 is 5.97 Å². The number of esters is 1. The number of hydrogen-bond donors (Lipinski definition) is 1. The van der Waals surface area contributed by atoms with E-state index in [1.165, 1.54) is 18.4 Å². The zero-order chi connectivity index (χ0) is 22.5. The van der Waals surface area contributed by atoms with Gasteiger partial charge in [0, 0.05) is 24.7 Å². The molecule has 1 heterocycles. The first-order valence-corrected chi connectivity index (χ1v) is 9.82. The molecule has 2 aromatic carbocycles. The van der Waals surface area contributed by atoms with Gasteiger partial charge in [-0.15, -0.1) is 0 Å². The van der Waals surface area contributed by atoms with Crippen molar-refractivity contribution in [3.63, 3.8) is 0 Å². The number of aromatic nitrogens is 2. The minimum absolute atomic E-state index is 0.0317. The summed E-state index contributed by atoms with van der Waals surface area (Å²) in [6.07, 6.45) is -0.859. The van der Waals surface area contributed by atoms with Crippen LogP contribution in [0.4, 0.5) is 5.69 Å². The molecule has 1 amide bonds. The first-order valence-electron chi connectivity index (χ1n) is 9.82. The molecular weight excluding hydrogens is 398 g/mol. The van der Waals surface area contributed by atoms with Crippen LogP contribution in [0.15, 0.2) is 53.3 Å². The molecule has 8 heteroatoms. The van der Waals surface area contributed by atoms with Gasteiger partial charge < -0.3 is 10.1 Å². The summed E-state index contributed by atoms with van der Waals surface area (Å²) in [7, 11) is 1.60. The Hall–Kier alpha value is -3.81. The third-order valence-corrected chi connectivity index (χ3v) is 4.84. The van der Waals surface area contributed by atoms with Crippen molar-refractivity contribution in [3.05, 3.63) is 70.3 Å². The monoisotopic (exact) mass is 421 g/mol. The smallest absolute Gasteiger partial charge is 0.307 e. The number of carbonyl (C=O) groups is 3. The van der Waals surface area contributed by atoms with Crippen LogP contribution < -0.4 is 10.9 Å². The lowest BCUT2D eigenvalue weighted by atomic mass is 10.1. The number of ether oxygens (including phenoxy) is 1. The summed E-state index contributed by atoms with van der Waals surface area (Å²) in [4.78, 5) is 52.9. The molecule has 0 spiro atoms. The van der Waals surface area contributed by atoms with Gasteiger partial charge in [-0.25, -0.2) is 4.98 Å². The van der Waals surface area contributed by atoms with Crippen molar-refractivity contribution in [2.24, 2.45) is 7.05 Å². The maximum atomic E-state index is 12.4. The molecule has 0 aliphatic heterocycles. The van der Waals surface area contributed by atoms with Gasteiger partial charge in [0.25, 0.3) is 11.5 Å². The number of aryl methyl sites for hydroxylation is 1. The summed E-state index contributed by atoms with van der Waals surface area (Å²) >= 11 is 0. The SMILES string of the molecule is CC(=O)c1cccc(NC(=O)[C@H](C)OC(=O)CCc2nc3ccccc3c(=O)n2C)c1. The van der Waals surface area contributed by atoms with E-state index in [0.717, 1.165) is 0 Å². The highest BCUT2D eigenvalue weighted by molar-refractivity contribution is 5.98. The van der Waals surface area contributed by atoms with Crippen molar-refractivity contribution in [2.45, 2.75) is 32.8 Å². The van der Waals surface area contributed by atoms with Crippen molar-refractivity contribution < 1.29 is 19.1 Å². The van der Waals surface area contributed by atoms with Gasteiger partial charge in [0.2, 0.25) is 0 Å². The molecule has 3 aromatic rings. The maximum Gasteiger partial charge on any atom is 0.307 e. The predicted molar refractivity (Wildman–Crippen MR) is 116 cm³/mol. The van der Waals surface area contributed by atoms with E-state index < -0.39 is 18.0 Å². The summed E-state index contributed by atoms with van der Waals surface area (Å²) in [6, 6.07) is 13.5. The lowest BCUT2D eigenvalue weighted by Crippen LogP contribution is -2.30. The summed E-state index contributed by atoms with van der Waals surface area (Å²) < 4.78 is 6.62. The number of amides is 1. The van der Waals surface area contributed by atoms with E-state index in [-0.39, 0.29) is 24.2 Å². The number of Topliss-reactive ketones (excluding diaryl/α,β-unsaturated/α-hetero) is 1. The fraction of sp³-hybridized carbons (Fsp3) is 0.261. The van der Waals surface area contributed by atoms with Gasteiger partial charge in [-0.3, -0.25) is 23.7 Å². The highest BCUT2D eigenvalue weighted by Crippen LogP contribution is 2.13. The highest BCUT2D eigenvalue weighted by Gasteiger charge is 2.19. The molecule has 160 valence electrons. The molecule has 0 saturated carbocycles.